The molecule has 3 aromatic carbocycles. The monoisotopic (exact) mass is 496 g/mol. The van der Waals surface area contributed by atoms with Crippen LogP contribution in [0.3, 0.4) is 0 Å². The number of fused-ring (bicyclic) bond motifs is 3. The molecular formula is C30H28N2O3S. The van der Waals surface area contributed by atoms with Crippen LogP contribution in [0.25, 0.3) is 21.7 Å². The number of methoxy groups -OCH3 is 1. The molecule has 1 aliphatic heterocycles. The summed E-state index contributed by atoms with van der Waals surface area (Å²) in [5, 5.41) is 3.18. The number of amides is 1. The zero-order chi connectivity index (χ0) is 24.5. The summed E-state index contributed by atoms with van der Waals surface area (Å²) in [5.74, 6) is 1.30. The molecular weight excluding hydrogens is 468 g/mol. The van der Waals surface area contributed by atoms with Crippen molar-refractivity contribution in [3.8, 4) is 27.4 Å². The van der Waals surface area contributed by atoms with Crippen LogP contribution < -0.4 is 4.74 Å². The van der Waals surface area contributed by atoms with Crippen LogP contribution in [-0.4, -0.2) is 42.8 Å². The minimum atomic E-state index is -0.215. The van der Waals surface area contributed by atoms with E-state index < -0.39 is 0 Å². The van der Waals surface area contributed by atoms with Gasteiger partial charge in [0, 0.05) is 35.9 Å². The summed E-state index contributed by atoms with van der Waals surface area (Å²) in [4.78, 5) is 19.7. The predicted octanol–water partition coefficient (Wildman–Crippen LogP) is 6.95. The van der Waals surface area contributed by atoms with Crippen molar-refractivity contribution >= 4 is 17.4 Å². The van der Waals surface area contributed by atoms with E-state index in [0.717, 1.165) is 34.9 Å². The number of thiazole rings is 1. The molecule has 0 spiro atoms. The number of piperidine rings is 1. The first-order valence-electron chi connectivity index (χ1n) is 12.4. The maximum Gasteiger partial charge on any atom is 0.409 e. The van der Waals surface area contributed by atoms with Gasteiger partial charge in [0.2, 0.25) is 0 Å². The molecule has 6 rings (SSSR count). The maximum atomic E-state index is 12.9. The summed E-state index contributed by atoms with van der Waals surface area (Å²) >= 11 is 1.67. The van der Waals surface area contributed by atoms with Gasteiger partial charge in [-0.1, -0.05) is 48.5 Å². The highest BCUT2D eigenvalue weighted by Crippen LogP contribution is 2.44. The van der Waals surface area contributed by atoms with Gasteiger partial charge in [0.15, 0.2) is 0 Å². The van der Waals surface area contributed by atoms with Gasteiger partial charge < -0.3 is 14.4 Å². The van der Waals surface area contributed by atoms with Crippen molar-refractivity contribution in [2.24, 2.45) is 0 Å². The Morgan fingerprint density at radius 1 is 0.944 bits per heavy atom. The van der Waals surface area contributed by atoms with Crippen molar-refractivity contribution in [1.29, 1.82) is 0 Å². The van der Waals surface area contributed by atoms with E-state index in [1.807, 2.05) is 29.2 Å². The Hall–Kier alpha value is -3.64. The Balaban J connectivity index is 1.06. The van der Waals surface area contributed by atoms with Gasteiger partial charge in [0.25, 0.3) is 0 Å². The first-order valence-corrected chi connectivity index (χ1v) is 13.3. The highest BCUT2D eigenvalue weighted by atomic mass is 32.1. The van der Waals surface area contributed by atoms with Gasteiger partial charge in [0.05, 0.1) is 12.8 Å². The van der Waals surface area contributed by atoms with E-state index in [-0.39, 0.29) is 12.0 Å². The Bertz CT molecular complexity index is 1330. The zero-order valence-corrected chi connectivity index (χ0v) is 21.0. The molecule has 36 heavy (non-hydrogen) atoms. The number of nitrogens with zero attached hydrogens (tertiary/aromatic N) is 2. The molecule has 1 aliphatic carbocycles. The lowest BCUT2D eigenvalue weighted by Gasteiger charge is -2.31. The number of hydrogen-bond acceptors (Lipinski definition) is 5. The Kier molecular flexibility index (Phi) is 6.20. The van der Waals surface area contributed by atoms with Crippen molar-refractivity contribution < 1.29 is 14.3 Å². The van der Waals surface area contributed by atoms with Crippen LogP contribution in [0.4, 0.5) is 4.79 Å². The average molecular weight is 497 g/mol. The third-order valence-electron chi connectivity index (χ3n) is 7.37. The Labute approximate surface area is 215 Å². The second-order valence-corrected chi connectivity index (χ2v) is 10.2. The standard InChI is InChI=1S/C30H28N2O3S/c1-34-22-12-10-21(11-13-22)29-31-28(19-36-29)20-14-16-32(17-15-20)30(33)35-18-27-25-8-4-2-6-23(25)24-7-3-5-9-26(24)27/h2-13,19-20,27H,14-18H2,1H3. The lowest BCUT2D eigenvalue weighted by molar-refractivity contribution is 0.0902. The summed E-state index contributed by atoms with van der Waals surface area (Å²) < 4.78 is 11.1. The summed E-state index contributed by atoms with van der Waals surface area (Å²) in [6.07, 6.45) is 1.58. The molecule has 5 nitrogen and oxygen atoms in total. The maximum absolute atomic E-state index is 12.9. The number of benzene rings is 3. The molecule has 0 radical (unpaired) electrons. The molecule has 1 fully saturated rings. The van der Waals surface area contributed by atoms with Crippen LogP contribution >= 0.6 is 11.3 Å². The molecule has 2 heterocycles. The number of carbonyl (C=O) groups is 1. The van der Waals surface area contributed by atoms with Crippen molar-refractivity contribution in [2.45, 2.75) is 24.7 Å². The molecule has 1 saturated heterocycles. The molecule has 0 saturated carbocycles. The van der Waals surface area contributed by atoms with Crippen molar-refractivity contribution in [1.82, 2.24) is 9.88 Å². The van der Waals surface area contributed by atoms with Crippen molar-refractivity contribution in [3.63, 3.8) is 0 Å². The van der Waals surface area contributed by atoms with E-state index in [0.29, 0.717) is 25.6 Å². The molecule has 2 aliphatic rings. The van der Waals surface area contributed by atoms with Crippen LogP contribution in [-0.2, 0) is 4.74 Å². The number of likely N-dealkylation sites (tertiary alicyclic amines) is 1. The summed E-state index contributed by atoms with van der Waals surface area (Å²) in [7, 11) is 1.67. The van der Waals surface area contributed by atoms with Crippen LogP contribution in [0.1, 0.15) is 41.5 Å². The molecule has 0 unspecified atom stereocenters. The van der Waals surface area contributed by atoms with Gasteiger partial charge in [-0.25, -0.2) is 9.78 Å². The van der Waals surface area contributed by atoms with E-state index in [1.54, 1.807) is 18.4 Å². The number of ether oxygens (including phenoxy) is 2. The highest BCUT2D eigenvalue weighted by Gasteiger charge is 2.31. The fourth-order valence-electron chi connectivity index (χ4n) is 5.38. The minimum absolute atomic E-state index is 0.0882. The van der Waals surface area contributed by atoms with Gasteiger partial charge in [-0.3, -0.25) is 0 Å². The van der Waals surface area contributed by atoms with Gasteiger partial charge in [-0.05, 0) is 59.4 Å². The Morgan fingerprint density at radius 3 is 2.22 bits per heavy atom. The zero-order valence-electron chi connectivity index (χ0n) is 20.2. The van der Waals surface area contributed by atoms with E-state index in [2.05, 4.69) is 53.9 Å². The molecule has 4 aromatic rings. The lowest BCUT2D eigenvalue weighted by Crippen LogP contribution is -2.38. The third kappa shape index (κ3) is 4.26. The molecule has 1 aromatic heterocycles. The number of hydrogen-bond donors (Lipinski definition) is 0. The van der Waals surface area contributed by atoms with E-state index in [1.165, 1.54) is 22.3 Å². The number of carbonyl (C=O) groups excluding carboxylic acids is 1. The van der Waals surface area contributed by atoms with Gasteiger partial charge in [-0.15, -0.1) is 11.3 Å². The second-order valence-electron chi connectivity index (χ2n) is 9.37. The molecule has 6 heteroatoms. The average Bonchev–Trinajstić information content (AvgIpc) is 3.56. The molecule has 0 N–H and O–H groups in total. The van der Waals surface area contributed by atoms with Crippen molar-refractivity contribution in [3.05, 3.63) is 95.0 Å². The quantitative estimate of drug-likeness (QED) is 0.300. The van der Waals surface area contributed by atoms with E-state index in [9.17, 15) is 4.79 Å². The van der Waals surface area contributed by atoms with Crippen molar-refractivity contribution in [2.75, 3.05) is 26.8 Å². The lowest BCUT2D eigenvalue weighted by atomic mass is 9.94. The van der Waals surface area contributed by atoms with Crippen LogP contribution in [0.15, 0.2) is 78.2 Å². The summed E-state index contributed by atoms with van der Waals surface area (Å²) in [5.41, 5.74) is 7.18. The van der Waals surface area contributed by atoms with Crippen LogP contribution in [0.2, 0.25) is 0 Å². The molecule has 182 valence electrons. The summed E-state index contributed by atoms with van der Waals surface area (Å²) in [6.45, 7) is 1.75. The van der Waals surface area contributed by atoms with E-state index in [4.69, 9.17) is 14.5 Å². The fourth-order valence-corrected chi connectivity index (χ4v) is 6.29. The normalized spacial score (nSPS) is 15.4. The van der Waals surface area contributed by atoms with Crippen LogP contribution in [0.5, 0.6) is 5.75 Å². The molecule has 0 atom stereocenters. The number of aromatic nitrogens is 1. The predicted molar refractivity (Wildman–Crippen MR) is 143 cm³/mol. The van der Waals surface area contributed by atoms with Gasteiger partial charge >= 0.3 is 6.09 Å². The summed E-state index contributed by atoms with van der Waals surface area (Å²) in [6, 6.07) is 24.9. The van der Waals surface area contributed by atoms with Crippen LogP contribution in [0, 0.1) is 0 Å². The first kappa shape index (κ1) is 22.8. The molecule has 0 bridgehead atoms. The Morgan fingerprint density at radius 2 is 1.58 bits per heavy atom. The SMILES string of the molecule is COc1ccc(-c2nc(C3CCN(C(=O)OCC4c5ccccc5-c5ccccc54)CC3)cs2)cc1. The fraction of sp³-hybridized carbons (Fsp3) is 0.267. The first-order chi connectivity index (χ1) is 17.7. The third-order valence-corrected chi connectivity index (χ3v) is 8.28. The number of rotatable bonds is 5. The topological polar surface area (TPSA) is 51.7 Å². The molecule has 1 amide bonds. The second kappa shape index (κ2) is 9.78. The van der Waals surface area contributed by atoms with Gasteiger partial charge in [0.1, 0.15) is 17.4 Å². The minimum Gasteiger partial charge on any atom is -0.497 e. The largest absolute Gasteiger partial charge is 0.497 e. The highest BCUT2D eigenvalue weighted by molar-refractivity contribution is 7.13. The van der Waals surface area contributed by atoms with E-state index >= 15 is 0 Å². The smallest absolute Gasteiger partial charge is 0.409 e. The van der Waals surface area contributed by atoms with Gasteiger partial charge in [-0.2, -0.15) is 0 Å².